The summed E-state index contributed by atoms with van der Waals surface area (Å²) in [5, 5.41) is 3.75. The molecular formula is C17H36N2O. The van der Waals surface area contributed by atoms with Gasteiger partial charge in [0.1, 0.15) is 0 Å². The predicted molar refractivity (Wildman–Crippen MR) is 87.2 cm³/mol. The van der Waals surface area contributed by atoms with Crippen molar-refractivity contribution in [3.63, 3.8) is 0 Å². The molecule has 0 aromatic carbocycles. The summed E-state index contributed by atoms with van der Waals surface area (Å²) in [5.74, 6) is 1.50. The predicted octanol–water partition coefficient (Wildman–Crippen LogP) is 3.15. The maximum atomic E-state index is 5.62. The molecule has 1 aliphatic rings. The van der Waals surface area contributed by atoms with E-state index < -0.39 is 0 Å². The first-order valence-corrected chi connectivity index (χ1v) is 8.59. The summed E-state index contributed by atoms with van der Waals surface area (Å²) >= 11 is 0. The normalized spacial score (nSPS) is 24.8. The van der Waals surface area contributed by atoms with Crippen molar-refractivity contribution in [2.24, 2.45) is 11.8 Å². The molecule has 120 valence electrons. The summed E-state index contributed by atoms with van der Waals surface area (Å²) < 4.78 is 5.62. The number of hydrogen-bond acceptors (Lipinski definition) is 3. The van der Waals surface area contributed by atoms with E-state index in [9.17, 15) is 0 Å². The van der Waals surface area contributed by atoms with Crippen LogP contribution in [-0.4, -0.2) is 49.8 Å². The highest BCUT2D eigenvalue weighted by Gasteiger charge is 2.29. The van der Waals surface area contributed by atoms with Crippen LogP contribution in [-0.2, 0) is 4.74 Å². The lowest BCUT2D eigenvalue weighted by Crippen LogP contribution is -2.58. The molecule has 0 aliphatic carbocycles. The molecule has 0 saturated carbocycles. The van der Waals surface area contributed by atoms with E-state index in [1.165, 1.54) is 19.5 Å². The Morgan fingerprint density at radius 2 is 1.95 bits per heavy atom. The van der Waals surface area contributed by atoms with Gasteiger partial charge in [-0.2, -0.15) is 0 Å². The molecule has 0 aromatic rings. The Hall–Kier alpha value is -0.120. The maximum absolute atomic E-state index is 5.62. The molecule has 1 heterocycles. The molecule has 1 fully saturated rings. The van der Waals surface area contributed by atoms with E-state index in [4.69, 9.17) is 4.74 Å². The third-order valence-electron chi connectivity index (χ3n) is 4.15. The minimum atomic E-state index is 0.668. The highest BCUT2D eigenvalue weighted by Crippen LogP contribution is 2.18. The third-order valence-corrected chi connectivity index (χ3v) is 4.15. The molecule has 0 aromatic heterocycles. The average molecular weight is 284 g/mol. The van der Waals surface area contributed by atoms with E-state index in [1.54, 1.807) is 0 Å². The van der Waals surface area contributed by atoms with Crippen molar-refractivity contribution < 1.29 is 4.74 Å². The zero-order chi connectivity index (χ0) is 15.0. The highest BCUT2D eigenvalue weighted by atomic mass is 16.5. The van der Waals surface area contributed by atoms with Gasteiger partial charge in [0, 0.05) is 44.9 Å². The molecule has 2 unspecified atom stereocenters. The first-order valence-electron chi connectivity index (χ1n) is 8.59. The number of hydrogen-bond donors (Lipinski definition) is 1. The molecule has 3 heteroatoms. The summed E-state index contributed by atoms with van der Waals surface area (Å²) in [7, 11) is 0. The second-order valence-corrected chi connectivity index (χ2v) is 7.01. The first-order chi connectivity index (χ1) is 9.54. The van der Waals surface area contributed by atoms with E-state index >= 15 is 0 Å². The van der Waals surface area contributed by atoms with Crippen molar-refractivity contribution in [1.82, 2.24) is 10.2 Å². The van der Waals surface area contributed by atoms with Crippen LogP contribution in [0.3, 0.4) is 0 Å². The molecule has 2 atom stereocenters. The van der Waals surface area contributed by atoms with Crippen molar-refractivity contribution in [1.29, 1.82) is 0 Å². The second kappa shape index (κ2) is 9.75. The molecular weight excluding hydrogens is 248 g/mol. The van der Waals surface area contributed by atoms with Gasteiger partial charge in [-0.1, -0.05) is 34.6 Å². The average Bonchev–Trinajstić information content (AvgIpc) is 2.37. The van der Waals surface area contributed by atoms with Gasteiger partial charge >= 0.3 is 0 Å². The Morgan fingerprint density at radius 1 is 1.20 bits per heavy atom. The third kappa shape index (κ3) is 6.55. The second-order valence-electron chi connectivity index (χ2n) is 7.01. The quantitative estimate of drug-likeness (QED) is 0.658. The van der Waals surface area contributed by atoms with E-state index in [1.807, 2.05) is 0 Å². The fourth-order valence-electron chi connectivity index (χ4n) is 3.16. The summed E-state index contributed by atoms with van der Waals surface area (Å²) in [6.45, 7) is 16.8. The minimum Gasteiger partial charge on any atom is -0.381 e. The highest BCUT2D eigenvalue weighted by molar-refractivity contribution is 4.88. The Bertz CT molecular complexity index is 243. The van der Waals surface area contributed by atoms with Crippen molar-refractivity contribution in [2.75, 3.05) is 32.8 Å². The molecule has 1 aliphatic heterocycles. The molecule has 1 saturated heterocycles. The van der Waals surface area contributed by atoms with Crippen LogP contribution in [0.4, 0.5) is 0 Å². The van der Waals surface area contributed by atoms with Crippen LogP contribution in [0.5, 0.6) is 0 Å². The molecule has 0 spiro atoms. The van der Waals surface area contributed by atoms with Gasteiger partial charge < -0.3 is 10.1 Å². The Balaban J connectivity index is 2.38. The SMILES string of the molecule is CCCOCCCN1CC(CC(C)C)NCC1C(C)C. The summed E-state index contributed by atoms with van der Waals surface area (Å²) in [6, 6.07) is 1.35. The summed E-state index contributed by atoms with van der Waals surface area (Å²) in [5.41, 5.74) is 0. The number of rotatable bonds is 9. The van der Waals surface area contributed by atoms with Gasteiger partial charge in [0.05, 0.1) is 0 Å². The molecule has 0 bridgehead atoms. The number of nitrogens with zero attached hydrogens (tertiary/aromatic N) is 1. The van der Waals surface area contributed by atoms with E-state index in [2.05, 4.69) is 44.8 Å². The van der Waals surface area contributed by atoms with Gasteiger partial charge in [-0.15, -0.1) is 0 Å². The lowest BCUT2D eigenvalue weighted by molar-refractivity contribution is 0.0714. The van der Waals surface area contributed by atoms with Crippen LogP contribution >= 0.6 is 0 Å². The van der Waals surface area contributed by atoms with Gasteiger partial charge in [0.25, 0.3) is 0 Å². The van der Waals surface area contributed by atoms with Crippen LogP contribution in [0.1, 0.15) is 53.9 Å². The Kier molecular flexibility index (Phi) is 8.74. The Labute approximate surface area is 126 Å². The van der Waals surface area contributed by atoms with Crippen molar-refractivity contribution in [2.45, 2.75) is 66.0 Å². The van der Waals surface area contributed by atoms with Crippen LogP contribution in [0.15, 0.2) is 0 Å². The van der Waals surface area contributed by atoms with Crippen LogP contribution in [0.25, 0.3) is 0 Å². The van der Waals surface area contributed by atoms with E-state index in [-0.39, 0.29) is 0 Å². The zero-order valence-corrected chi connectivity index (χ0v) is 14.3. The monoisotopic (exact) mass is 284 g/mol. The van der Waals surface area contributed by atoms with Crippen molar-refractivity contribution in [3.8, 4) is 0 Å². The van der Waals surface area contributed by atoms with Gasteiger partial charge in [-0.05, 0) is 31.1 Å². The zero-order valence-electron chi connectivity index (χ0n) is 14.3. The molecule has 20 heavy (non-hydrogen) atoms. The van der Waals surface area contributed by atoms with Gasteiger partial charge in [0.2, 0.25) is 0 Å². The molecule has 1 rings (SSSR count). The van der Waals surface area contributed by atoms with E-state index in [0.29, 0.717) is 12.1 Å². The van der Waals surface area contributed by atoms with Gasteiger partial charge in [-0.3, -0.25) is 4.90 Å². The summed E-state index contributed by atoms with van der Waals surface area (Å²) in [6.07, 6.45) is 3.57. The van der Waals surface area contributed by atoms with Gasteiger partial charge in [-0.25, -0.2) is 0 Å². The molecule has 1 N–H and O–H groups in total. The fraction of sp³-hybridized carbons (Fsp3) is 1.00. The summed E-state index contributed by atoms with van der Waals surface area (Å²) in [4.78, 5) is 2.70. The molecule has 3 nitrogen and oxygen atoms in total. The van der Waals surface area contributed by atoms with Crippen LogP contribution < -0.4 is 5.32 Å². The Morgan fingerprint density at radius 3 is 2.55 bits per heavy atom. The lowest BCUT2D eigenvalue weighted by Gasteiger charge is -2.43. The van der Waals surface area contributed by atoms with Gasteiger partial charge in [0.15, 0.2) is 0 Å². The topological polar surface area (TPSA) is 24.5 Å². The largest absolute Gasteiger partial charge is 0.381 e. The van der Waals surface area contributed by atoms with Crippen molar-refractivity contribution >= 4 is 0 Å². The van der Waals surface area contributed by atoms with Crippen LogP contribution in [0.2, 0.25) is 0 Å². The first kappa shape index (κ1) is 17.9. The molecule has 0 radical (unpaired) electrons. The maximum Gasteiger partial charge on any atom is 0.0478 e. The number of ether oxygens (including phenoxy) is 1. The van der Waals surface area contributed by atoms with E-state index in [0.717, 1.165) is 44.4 Å². The molecule has 0 amide bonds. The minimum absolute atomic E-state index is 0.668. The standard InChI is InChI=1S/C17H36N2O/c1-6-9-20-10-7-8-19-13-16(11-14(2)3)18-12-17(19)15(4)5/h14-18H,6-13H2,1-5H3. The fourth-order valence-corrected chi connectivity index (χ4v) is 3.16. The number of nitrogens with one attached hydrogen (secondary N) is 1. The lowest BCUT2D eigenvalue weighted by atomic mass is 9.95. The smallest absolute Gasteiger partial charge is 0.0478 e. The van der Waals surface area contributed by atoms with Crippen LogP contribution in [0, 0.1) is 11.8 Å². The number of piperazine rings is 1. The van der Waals surface area contributed by atoms with Crippen molar-refractivity contribution in [3.05, 3.63) is 0 Å².